The van der Waals surface area contributed by atoms with Gasteiger partial charge in [-0.1, -0.05) is 24.3 Å². The fourth-order valence-corrected chi connectivity index (χ4v) is 3.36. The monoisotopic (exact) mass is 395 g/mol. The lowest BCUT2D eigenvalue weighted by Gasteiger charge is -2.36. The molecule has 1 saturated heterocycles. The van der Waals surface area contributed by atoms with E-state index in [1.54, 1.807) is 29.2 Å². The molecule has 0 aromatic heterocycles. The SMILES string of the molecule is COC(=O)c1ccccc1NC(=O)CC(=O)N1CCN(c2cccc(C)c2)CC1. The molecule has 1 aliphatic heterocycles. The summed E-state index contributed by atoms with van der Waals surface area (Å²) < 4.78 is 4.72. The third-order valence-electron chi connectivity index (χ3n) is 4.92. The zero-order valence-electron chi connectivity index (χ0n) is 16.7. The van der Waals surface area contributed by atoms with Gasteiger partial charge in [0.15, 0.2) is 0 Å². The third kappa shape index (κ3) is 5.13. The molecule has 3 rings (SSSR count). The van der Waals surface area contributed by atoms with Crippen molar-refractivity contribution in [2.24, 2.45) is 0 Å². The van der Waals surface area contributed by atoms with Gasteiger partial charge < -0.3 is 19.9 Å². The number of carbonyl (C=O) groups is 3. The minimum absolute atomic E-state index is 0.220. The summed E-state index contributed by atoms with van der Waals surface area (Å²) in [5, 5.41) is 2.64. The number of nitrogens with one attached hydrogen (secondary N) is 1. The Labute approximate surface area is 170 Å². The number of esters is 1. The van der Waals surface area contributed by atoms with Crippen LogP contribution in [0.4, 0.5) is 11.4 Å². The number of rotatable bonds is 5. The van der Waals surface area contributed by atoms with Gasteiger partial charge in [-0.25, -0.2) is 4.79 Å². The van der Waals surface area contributed by atoms with E-state index in [1.807, 2.05) is 6.07 Å². The van der Waals surface area contributed by atoms with Gasteiger partial charge in [0, 0.05) is 31.9 Å². The number of aryl methyl sites for hydroxylation is 1. The summed E-state index contributed by atoms with van der Waals surface area (Å²) >= 11 is 0. The van der Waals surface area contributed by atoms with Crippen molar-refractivity contribution in [3.63, 3.8) is 0 Å². The highest BCUT2D eigenvalue weighted by Gasteiger charge is 2.23. The van der Waals surface area contributed by atoms with Crippen LogP contribution in [0.1, 0.15) is 22.3 Å². The highest BCUT2D eigenvalue weighted by molar-refractivity contribution is 6.06. The summed E-state index contributed by atoms with van der Waals surface area (Å²) in [5.41, 5.74) is 2.93. The number of benzene rings is 2. The summed E-state index contributed by atoms with van der Waals surface area (Å²) in [6.45, 7) is 4.64. The molecule has 2 aromatic carbocycles. The second-order valence-corrected chi connectivity index (χ2v) is 6.97. The first-order chi connectivity index (χ1) is 14.0. The molecule has 0 bridgehead atoms. The van der Waals surface area contributed by atoms with Gasteiger partial charge in [-0.2, -0.15) is 0 Å². The molecule has 0 radical (unpaired) electrons. The number of amides is 2. The zero-order chi connectivity index (χ0) is 20.8. The molecule has 1 heterocycles. The van der Waals surface area contributed by atoms with Crippen molar-refractivity contribution in [3.05, 3.63) is 59.7 Å². The van der Waals surface area contributed by atoms with Crippen LogP contribution in [0, 0.1) is 6.92 Å². The maximum atomic E-state index is 12.5. The minimum atomic E-state index is -0.542. The first-order valence-corrected chi connectivity index (χ1v) is 9.54. The Morgan fingerprint density at radius 1 is 1.00 bits per heavy atom. The van der Waals surface area contributed by atoms with Crippen LogP contribution in [-0.2, 0) is 14.3 Å². The van der Waals surface area contributed by atoms with E-state index >= 15 is 0 Å². The van der Waals surface area contributed by atoms with Crippen LogP contribution in [0.5, 0.6) is 0 Å². The van der Waals surface area contributed by atoms with Crippen LogP contribution < -0.4 is 10.2 Å². The van der Waals surface area contributed by atoms with E-state index in [0.717, 1.165) is 18.8 Å². The average molecular weight is 395 g/mol. The first kappa shape index (κ1) is 20.4. The lowest BCUT2D eigenvalue weighted by molar-refractivity contribution is -0.134. The van der Waals surface area contributed by atoms with Crippen LogP contribution >= 0.6 is 0 Å². The van der Waals surface area contributed by atoms with Gasteiger partial charge in [-0.3, -0.25) is 9.59 Å². The summed E-state index contributed by atoms with van der Waals surface area (Å²) in [4.78, 5) is 40.6. The third-order valence-corrected chi connectivity index (χ3v) is 4.92. The number of hydrogen-bond acceptors (Lipinski definition) is 5. The van der Waals surface area contributed by atoms with E-state index < -0.39 is 11.9 Å². The van der Waals surface area contributed by atoms with Crippen LogP contribution in [0.25, 0.3) is 0 Å². The lowest BCUT2D eigenvalue weighted by Crippen LogP contribution is -2.49. The normalized spacial score (nSPS) is 13.7. The number of piperazine rings is 1. The highest BCUT2D eigenvalue weighted by atomic mass is 16.5. The van der Waals surface area contributed by atoms with E-state index in [-0.39, 0.29) is 17.9 Å². The molecule has 152 valence electrons. The molecule has 0 spiro atoms. The van der Waals surface area contributed by atoms with Crippen molar-refractivity contribution in [3.8, 4) is 0 Å². The largest absolute Gasteiger partial charge is 0.465 e. The molecule has 0 saturated carbocycles. The number of methoxy groups -OCH3 is 1. The number of anilines is 2. The molecular weight excluding hydrogens is 370 g/mol. The molecule has 1 aliphatic rings. The molecule has 1 N–H and O–H groups in total. The quantitative estimate of drug-likeness (QED) is 0.622. The van der Waals surface area contributed by atoms with Crippen molar-refractivity contribution in [2.45, 2.75) is 13.3 Å². The van der Waals surface area contributed by atoms with Crippen LogP contribution in [-0.4, -0.2) is 56.0 Å². The number of carbonyl (C=O) groups excluding carboxylic acids is 3. The van der Waals surface area contributed by atoms with Crippen LogP contribution in [0.3, 0.4) is 0 Å². The topological polar surface area (TPSA) is 78.9 Å². The van der Waals surface area contributed by atoms with E-state index in [1.165, 1.54) is 12.7 Å². The van der Waals surface area contributed by atoms with Gasteiger partial charge in [-0.15, -0.1) is 0 Å². The van der Waals surface area contributed by atoms with Crippen LogP contribution in [0.15, 0.2) is 48.5 Å². The molecule has 0 aliphatic carbocycles. The summed E-state index contributed by atoms with van der Waals surface area (Å²) in [7, 11) is 1.28. The Hall–Kier alpha value is -3.35. The summed E-state index contributed by atoms with van der Waals surface area (Å²) in [6.07, 6.45) is -0.264. The standard InChI is InChI=1S/C22H25N3O4/c1-16-6-5-7-17(14-16)24-10-12-25(13-11-24)21(27)15-20(26)23-19-9-4-3-8-18(19)22(28)29-2/h3-9,14H,10-13,15H2,1-2H3,(H,23,26). The molecule has 1 fully saturated rings. The van der Waals surface area contributed by atoms with Gasteiger partial charge in [0.25, 0.3) is 0 Å². The Kier molecular flexibility index (Phi) is 6.49. The molecular formula is C22H25N3O4. The second-order valence-electron chi connectivity index (χ2n) is 6.97. The molecule has 7 heteroatoms. The summed E-state index contributed by atoms with van der Waals surface area (Å²) in [6, 6.07) is 14.8. The van der Waals surface area contributed by atoms with Crippen molar-refractivity contribution in [1.29, 1.82) is 0 Å². The van der Waals surface area contributed by atoms with Crippen molar-refractivity contribution in [1.82, 2.24) is 4.90 Å². The number of ether oxygens (including phenoxy) is 1. The van der Waals surface area contributed by atoms with Gasteiger partial charge in [-0.05, 0) is 36.8 Å². The van der Waals surface area contributed by atoms with Gasteiger partial charge in [0.2, 0.25) is 11.8 Å². The molecule has 0 unspecified atom stereocenters. The minimum Gasteiger partial charge on any atom is -0.465 e. The first-order valence-electron chi connectivity index (χ1n) is 9.54. The predicted octanol–water partition coefficient (Wildman–Crippen LogP) is 2.46. The predicted molar refractivity (Wildman–Crippen MR) is 111 cm³/mol. The smallest absolute Gasteiger partial charge is 0.339 e. The van der Waals surface area contributed by atoms with Crippen molar-refractivity contribution < 1.29 is 19.1 Å². The fourth-order valence-electron chi connectivity index (χ4n) is 3.36. The molecule has 2 amide bonds. The maximum absolute atomic E-state index is 12.5. The molecule has 2 aromatic rings. The number of nitrogens with zero attached hydrogens (tertiary/aromatic N) is 2. The fraction of sp³-hybridized carbons (Fsp3) is 0.318. The number of hydrogen-bond donors (Lipinski definition) is 1. The maximum Gasteiger partial charge on any atom is 0.339 e. The van der Waals surface area contributed by atoms with E-state index in [2.05, 4.69) is 35.3 Å². The highest BCUT2D eigenvalue weighted by Crippen LogP contribution is 2.19. The van der Waals surface area contributed by atoms with E-state index in [4.69, 9.17) is 4.74 Å². The average Bonchev–Trinajstić information content (AvgIpc) is 2.73. The molecule has 0 atom stereocenters. The lowest BCUT2D eigenvalue weighted by atomic mass is 10.1. The zero-order valence-corrected chi connectivity index (χ0v) is 16.7. The molecule has 29 heavy (non-hydrogen) atoms. The molecule has 7 nitrogen and oxygen atoms in total. The van der Waals surface area contributed by atoms with Gasteiger partial charge in [0.1, 0.15) is 6.42 Å². The van der Waals surface area contributed by atoms with E-state index in [0.29, 0.717) is 18.8 Å². The Morgan fingerprint density at radius 2 is 1.72 bits per heavy atom. The Balaban J connectivity index is 1.54. The Bertz CT molecular complexity index is 904. The second kappa shape index (κ2) is 9.23. The van der Waals surface area contributed by atoms with Crippen molar-refractivity contribution in [2.75, 3.05) is 43.5 Å². The Morgan fingerprint density at radius 3 is 2.41 bits per heavy atom. The summed E-state index contributed by atoms with van der Waals surface area (Å²) in [5.74, 6) is -1.21. The van der Waals surface area contributed by atoms with Crippen molar-refractivity contribution >= 4 is 29.2 Å². The number of para-hydroxylation sites is 1. The van der Waals surface area contributed by atoms with Gasteiger partial charge in [0.05, 0.1) is 18.4 Å². The van der Waals surface area contributed by atoms with Gasteiger partial charge >= 0.3 is 5.97 Å². The van der Waals surface area contributed by atoms with Crippen LogP contribution in [0.2, 0.25) is 0 Å². The van der Waals surface area contributed by atoms with E-state index in [9.17, 15) is 14.4 Å².